The fourth-order valence-electron chi connectivity index (χ4n) is 3.95. The molecular formula is C29H25ClN6O5S. The number of benzene rings is 3. The van der Waals surface area contributed by atoms with Gasteiger partial charge in [-0.25, -0.2) is 4.79 Å². The lowest BCUT2D eigenvalue weighted by Crippen LogP contribution is -2.21. The van der Waals surface area contributed by atoms with Crippen molar-refractivity contribution < 1.29 is 18.6 Å². The minimum absolute atomic E-state index is 0.0637. The molecule has 0 atom stereocenters. The van der Waals surface area contributed by atoms with Crippen molar-refractivity contribution >= 4 is 57.5 Å². The van der Waals surface area contributed by atoms with E-state index in [0.29, 0.717) is 40.5 Å². The number of ether oxygens (including phenoxy) is 3. The van der Waals surface area contributed by atoms with Gasteiger partial charge < -0.3 is 34.6 Å². The van der Waals surface area contributed by atoms with Crippen LogP contribution in [0.3, 0.4) is 0 Å². The highest BCUT2D eigenvalue weighted by atomic mass is 35.5. The molecule has 0 aliphatic heterocycles. The second-order valence-electron chi connectivity index (χ2n) is 8.75. The second-order valence-corrected chi connectivity index (χ2v) is 9.59. The van der Waals surface area contributed by atoms with Gasteiger partial charge >= 0.3 is 11.6 Å². The van der Waals surface area contributed by atoms with Crippen molar-refractivity contribution in [3.63, 3.8) is 0 Å². The summed E-state index contributed by atoms with van der Waals surface area (Å²) in [5.74, 6) is 1.86. The zero-order valence-corrected chi connectivity index (χ0v) is 24.1. The average molecular weight is 605 g/mol. The number of methoxy groups -OCH3 is 2. The molecule has 0 radical (unpaired) electrons. The molecule has 11 nitrogen and oxygen atoms in total. The molecule has 3 aromatic carbocycles. The van der Waals surface area contributed by atoms with E-state index in [1.807, 2.05) is 18.2 Å². The van der Waals surface area contributed by atoms with Crippen molar-refractivity contribution in [3.05, 3.63) is 93.8 Å². The Hall–Kier alpha value is -4.94. The van der Waals surface area contributed by atoms with Crippen molar-refractivity contribution in [1.82, 2.24) is 15.0 Å². The van der Waals surface area contributed by atoms with E-state index in [0.717, 1.165) is 11.3 Å². The molecule has 42 heavy (non-hydrogen) atoms. The summed E-state index contributed by atoms with van der Waals surface area (Å²) < 4.78 is 22.0. The van der Waals surface area contributed by atoms with Crippen LogP contribution in [-0.2, 0) is 6.42 Å². The van der Waals surface area contributed by atoms with Gasteiger partial charge in [0, 0.05) is 17.3 Å². The van der Waals surface area contributed by atoms with Crippen LogP contribution in [-0.4, -0.2) is 40.8 Å². The second kappa shape index (κ2) is 13.1. The van der Waals surface area contributed by atoms with Gasteiger partial charge in [-0.3, -0.25) is 0 Å². The summed E-state index contributed by atoms with van der Waals surface area (Å²) in [4.78, 5) is 25.4. The normalized spacial score (nSPS) is 10.6. The molecule has 0 spiro atoms. The highest BCUT2D eigenvalue weighted by molar-refractivity contribution is 7.80. The molecule has 5 rings (SSSR count). The van der Waals surface area contributed by atoms with Gasteiger partial charge in [0.15, 0.2) is 16.6 Å². The van der Waals surface area contributed by atoms with Gasteiger partial charge in [-0.05, 0) is 72.7 Å². The predicted octanol–water partition coefficient (Wildman–Crippen LogP) is 5.90. The first-order valence-electron chi connectivity index (χ1n) is 12.7. The van der Waals surface area contributed by atoms with Gasteiger partial charge in [0.1, 0.15) is 11.3 Å². The topological polar surface area (TPSA) is 133 Å². The average Bonchev–Trinajstić information content (AvgIpc) is 2.98. The van der Waals surface area contributed by atoms with Crippen LogP contribution in [0.1, 0.15) is 5.56 Å². The van der Waals surface area contributed by atoms with Crippen molar-refractivity contribution in [3.8, 4) is 23.3 Å². The number of halogens is 1. The Morgan fingerprint density at radius 3 is 2.43 bits per heavy atom. The van der Waals surface area contributed by atoms with E-state index >= 15 is 0 Å². The maximum atomic E-state index is 12.2. The van der Waals surface area contributed by atoms with Crippen LogP contribution in [0.4, 0.5) is 17.6 Å². The van der Waals surface area contributed by atoms with Gasteiger partial charge in [0.25, 0.3) is 0 Å². The largest absolute Gasteiger partial charge is 0.493 e. The standard InChI is InChI=1S/C29H25ClN6O5S/c1-38-22-12-7-17(15-24(22)39-2)13-14-31-26-33-27(36-29(42)32-19-10-8-18(30)9-11-19)35-28(34-26)41-23-16-25(37)40-21-6-4-3-5-20(21)23/h3-12,15-16H,13-14H2,1-2H3,(H3,31,32,33,34,35,36,42). The molecule has 2 heterocycles. The van der Waals surface area contributed by atoms with Crippen LogP contribution >= 0.6 is 23.8 Å². The zero-order valence-electron chi connectivity index (χ0n) is 22.5. The number of anilines is 3. The van der Waals surface area contributed by atoms with Crippen LogP contribution in [0.25, 0.3) is 11.0 Å². The molecule has 0 saturated carbocycles. The summed E-state index contributed by atoms with van der Waals surface area (Å²) in [5, 5.41) is 10.6. The van der Waals surface area contributed by atoms with Gasteiger partial charge in [0.05, 0.1) is 25.7 Å². The van der Waals surface area contributed by atoms with Crippen LogP contribution in [0, 0.1) is 0 Å². The van der Waals surface area contributed by atoms with Crippen molar-refractivity contribution in [2.75, 3.05) is 36.7 Å². The molecule has 0 unspecified atom stereocenters. The van der Waals surface area contributed by atoms with Gasteiger partial charge in [-0.15, -0.1) is 0 Å². The summed E-state index contributed by atoms with van der Waals surface area (Å²) in [7, 11) is 3.18. The first-order chi connectivity index (χ1) is 20.4. The van der Waals surface area contributed by atoms with Crippen LogP contribution < -0.4 is 35.8 Å². The summed E-state index contributed by atoms with van der Waals surface area (Å²) in [5.41, 5.74) is 1.53. The zero-order chi connectivity index (χ0) is 29.5. The summed E-state index contributed by atoms with van der Waals surface area (Å²) >= 11 is 11.4. The molecule has 0 amide bonds. The Morgan fingerprint density at radius 2 is 1.64 bits per heavy atom. The third kappa shape index (κ3) is 7.22. The first-order valence-corrected chi connectivity index (χ1v) is 13.4. The Labute approximate surface area is 250 Å². The van der Waals surface area contributed by atoms with Gasteiger partial charge in [0.2, 0.25) is 11.9 Å². The SMILES string of the molecule is COc1ccc(CCNc2nc(NC(=S)Nc3ccc(Cl)cc3)nc(Oc3cc(=O)oc4ccccc34)n2)cc1OC. The van der Waals surface area contributed by atoms with E-state index in [1.54, 1.807) is 62.8 Å². The maximum absolute atomic E-state index is 12.2. The Kier molecular flexibility index (Phi) is 8.95. The van der Waals surface area contributed by atoms with Gasteiger partial charge in [-0.2, -0.15) is 15.0 Å². The predicted molar refractivity (Wildman–Crippen MR) is 165 cm³/mol. The summed E-state index contributed by atoms with van der Waals surface area (Å²) in [6.45, 7) is 0.476. The van der Waals surface area contributed by atoms with Crippen LogP contribution in [0.15, 0.2) is 82.0 Å². The monoisotopic (exact) mass is 604 g/mol. The number of thiocarbonyl (C=S) groups is 1. The molecular weight excluding hydrogens is 580 g/mol. The number of hydrogen-bond acceptors (Lipinski definition) is 10. The Balaban J connectivity index is 1.38. The van der Waals surface area contributed by atoms with E-state index < -0.39 is 5.63 Å². The molecule has 0 aliphatic carbocycles. The van der Waals surface area contributed by atoms with Crippen molar-refractivity contribution in [2.45, 2.75) is 6.42 Å². The highest BCUT2D eigenvalue weighted by Gasteiger charge is 2.14. The molecule has 0 aliphatic rings. The number of nitrogens with zero attached hydrogens (tertiary/aromatic N) is 3. The van der Waals surface area contributed by atoms with Crippen LogP contribution in [0.2, 0.25) is 5.02 Å². The molecule has 0 bridgehead atoms. The third-order valence-electron chi connectivity index (χ3n) is 5.90. The van der Waals surface area contributed by atoms with Crippen LogP contribution in [0.5, 0.6) is 23.3 Å². The van der Waals surface area contributed by atoms with Gasteiger partial charge in [-0.1, -0.05) is 29.8 Å². The summed E-state index contributed by atoms with van der Waals surface area (Å²) in [6, 6.07) is 20.9. The molecule has 5 aromatic rings. The van der Waals surface area contributed by atoms with E-state index in [-0.39, 0.29) is 28.8 Å². The van der Waals surface area contributed by atoms with Crippen molar-refractivity contribution in [2.24, 2.45) is 0 Å². The third-order valence-corrected chi connectivity index (χ3v) is 6.36. The highest BCUT2D eigenvalue weighted by Crippen LogP contribution is 2.29. The minimum atomic E-state index is -0.572. The van der Waals surface area contributed by atoms with E-state index in [4.69, 9.17) is 42.4 Å². The Bertz CT molecular complexity index is 1780. The smallest absolute Gasteiger partial charge is 0.339 e. The van der Waals surface area contributed by atoms with E-state index in [2.05, 4.69) is 30.9 Å². The number of fused-ring (bicyclic) bond motifs is 1. The lowest BCUT2D eigenvalue weighted by Gasteiger charge is -2.13. The number of aromatic nitrogens is 3. The lowest BCUT2D eigenvalue weighted by molar-refractivity contribution is 0.354. The maximum Gasteiger partial charge on any atom is 0.339 e. The fourth-order valence-corrected chi connectivity index (χ4v) is 4.29. The fraction of sp³-hybridized carbons (Fsp3) is 0.138. The molecule has 214 valence electrons. The molecule has 13 heteroatoms. The molecule has 0 saturated heterocycles. The quantitative estimate of drug-likeness (QED) is 0.129. The first kappa shape index (κ1) is 28.6. The number of nitrogens with one attached hydrogen (secondary N) is 3. The number of para-hydroxylation sites is 1. The lowest BCUT2D eigenvalue weighted by atomic mass is 10.1. The Morgan fingerprint density at radius 1 is 0.881 bits per heavy atom. The number of rotatable bonds is 10. The molecule has 3 N–H and O–H groups in total. The molecule has 0 fully saturated rings. The van der Waals surface area contributed by atoms with E-state index in [9.17, 15) is 4.79 Å². The van der Waals surface area contributed by atoms with Crippen molar-refractivity contribution in [1.29, 1.82) is 0 Å². The van der Waals surface area contributed by atoms with E-state index in [1.165, 1.54) is 6.07 Å². The number of hydrogen-bond donors (Lipinski definition) is 3. The summed E-state index contributed by atoms with van der Waals surface area (Å²) in [6.07, 6.45) is 0.631. The minimum Gasteiger partial charge on any atom is -0.493 e. The molecule has 2 aromatic heterocycles.